The Kier molecular flexibility index (Phi) is 15.2. The first-order valence-corrected chi connectivity index (χ1v) is 5.89. The van der Waals surface area contributed by atoms with Gasteiger partial charge in [-0.05, 0) is 0 Å². The van der Waals surface area contributed by atoms with Crippen LogP contribution in [0.3, 0.4) is 0 Å². The summed E-state index contributed by atoms with van der Waals surface area (Å²) >= 11 is -1.72. The van der Waals surface area contributed by atoms with Crippen LogP contribution in [-0.4, -0.2) is 60.3 Å². The van der Waals surface area contributed by atoms with E-state index in [0.29, 0.717) is 0 Å². The SMILES string of the molecule is [BaH2].[Cl][Al]([Cl])[Cl]. The van der Waals surface area contributed by atoms with Gasteiger partial charge in [0.1, 0.15) is 0 Å². The largest absolute Gasteiger partial charge is 0.643 e. The predicted octanol–water partition coefficient (Wildman–Crippen LogP) is 0.771. The average Bonchev–Trinajstić information content (AvgIpc) is 0.811. The third kappa shape index (κ3) is 19.5. The second-order valence-electron chi connectivity index (χ2n) is 0.247. The van der Waals surface area contributed by atoms with Gasteiger partial charge in [0.15, 0.2) is 0 Å². The molecule has 0 spiro atoms. The third-order valence-corrected chi connectivity index (χ3v) is 0. The van der Waals surface area contributed by atoms with Crippen LogP contribution >= 0.6 is 30.1 Å². The molecule has 0 radical (unpaired) electrons. The molecule has 0 unspecified atom stereocenters. The van der Waals surface area contributed by atoms with E-state index in [4.69, 9.17) is 30.1 Å². The van der Waals surface area contributed by atoms with Gasteiger partial charge in [-0.25, -0.2) is 30.1 Å². The molecule has 0 aromatic carbocycles. The normalized spacial score (nSPS) is 5.40. The molecule has 0 rings (SSSR count). The quantitative estimate of drug-likeness (QED) is 0.572. The van der Waals surface area contributed by atoms with E-state index in [0.717, 1.165) is 0 Å². The average molecular weight is 273 g/mol. The van der Waals surface area contributed by atoms with Crippen LogP contribution in [0.4, 0.5) is 0 Å². The van der Waals surface area contributed by atoms with E-state index >= 15 is 0 Å². The Labute approximate surface area is 88.2 Å². The summed E-state index contributed by atoms with van der Waals surface area (Å²) in [5.74, 6) is 0. The number of halogens is 3. The van der Waals surface area contributed by atoms with Crippen molar-refractivity contribution in [3.8, 4) is 0 Å². The van der Waals surface area contributed by atoms with Crippen molar-refractivity contribution in [2.75, 3.05) is 0 Å². The third-order valence-electron chi connectivity index (χ3n) is 0. The second kappa shape index (κ2) is 6.97. The summed E-state index contributed by atoms with van der Waals surface area (Å²) in [7, 11) is 14.8. The van der Waals surface area contributed by atoms with Crippen molar-refractivity contribution in [1.82, 2.24) is 0 Å². The molecule has 0 aliphatic rings. The Balaban J connectivity index is 0. The van der Waals surface area contributed by atoms with Crippen molar-refractivity contribution in [2.45, 2.75) is 0 Å². The van der Waals surface area contributed by atoms with E-state index in [9.17, 15) is 0 Å². The summed E-state index contributed by atoms with van der Waals surface area (Å²) < 4.78 is 0. The van der Waals surface area contributed by atoms with Crippen LogP contribution in [0.2, 0.25) is 0 Å². The van der Waals surface area contributed by atoms with E-state index in [2.05, 4.69) is 0 Å². The first-order valence-electron chi connectivity index (χ1n) is 0.655. The summed E-state index contributed by atoms with van der Waals surface area (Å²) in [4.78, 5) is 0. The van der Waals surface area contributed by atoms with Crippen molar-refractivity contribution in [3.63, 3.8) is 0 Å². The molecule has 0 saturated carbocycles. The van der Waals surface area contributed by atoms with Gasteiger partial charge in [0.05, 0.1) is 0 Å². The van der Waals surface area contributed by atoms with Crippen LogP contribution in [0.25, 0.3) is 0 Å². The minimum Gasteiger partial charge on any atom is -0.214 e. The molecule has 0 fully saturated rings. The Morgan fingerprint density at radius 3 is 1.00 bits per heavy atom. The van der Waals surface area contributed by atoms with Gasteiger partial charge in [0.25, 0.3) is 0 Å². The fourth-order valence-electron chi connectivity index (χ4n) is 0. The van der Waals surface area contributed by atoms with Crippen molar-refractivity contribution < 1.29 is 0 Å². The van der Waals surface area contributed by atoms with Crippen molar-refractivity contribution >= 4 is 90.4 Å². The maximum atomic E-state index is 4.94. The fraction of sp³-hybridized carbons (Fsp3) is 0. The summed E-state index contributed by atoms with van der Waals surface area (Å²) in [6, 6.07) is 0. The maximum Gasteiger partial charge on any atom is 0.643 e. The molecular formula is H2AlBaCl3. The smallest absolute Gasteiger partial charge is 0.214 e. The van der Waals surface area contributed by atoms with Gasteiger partial charge in [0.2, 0.25) is 0 Å². The minimum atomic E-state index is -1.72. The molecule has 0 bridgehead atoms. The van der Waals surface area contributed by atoms with E-state index < -0.39 is 11.4 Å². The second-order valence-corrected chi connectivity index (χ2v) is 6.68. The Hall–Kier alpha value is 2.97. The monoisotopic (exact) mass is 272 g/mol. The van der Waals surface area contributed by atoms with Crippen LogP contribution in [0.15, 0.2) is 0 Å². The first-order chi connectivity index (χ1) is 1.73. The molecule has 0 amide bonds. The van der Waals surface area contributed by atoms with Crippen molar-refractivity contribution in [2.24, 2.45) is 0 Å². The number of rotatable bonds is 0. The Morgan fingerprint density at radius 2 is 1.00 bits per heavy atom. The molecule has 0 aromatic rings. The van der Waals surface area contributed by atoms with Gasteiger partial charge in [0, 0.05) is 0 Å². The minimum absolute atomic E-state index is 0. The molecule has 0 N–H and O–H groups in total. The van der Waals surface area contributed by atoms with E-state index in [-0.39, 0.29) is 48.9 Å². The molecule has 28 valence electrons. The molecule has 0 aliphatic heterocycles. The molecule has 0 atom stereocenters. The predicted molar refractivity (Wildman–Crippen MR) is 31.9 cm³/mol. The van der Waals surface area contributed by atoms with Gasteiger partial charge in [-0.3, -0.25) is 0 Å². The fourth-order valence-corrected chi connectivity index (χ4v) is 0. The van der Waals surface area contributed by atoms with Crippen LogP contribution in [-0.2, 0) is 0 Å². The first kappa shape index (κ1) is 10.9. The standard InChI is InChI=1S/Al.Ba.3ClH.2H/h;;3*1H;;/q+3;;;;;;/p-3. The Bertz CT molecular complexity index is 11.6. The molecule has 5 heavy (non-hydrogen) atoms. The molecule has 0 nitrogen and oxygen atoms in total. The molecule has 0 aliphatic carbocycles. The van der Waals surface area contributed by atoms with Crippen LogP contribution in [0.1, 0.15) is 0 Å². The van der Waals surface area contributed by atoms with Gasteiger partial charge in [-0.2, -0.15) is 0 Å². The summed E-state index contributed by atoms with van der Waals surface area (Å²) in [6.45, 7) is 0. The molecule has 5 heteroatoms. The number of hydrogen-bond acceptors (Lipinski definition) is 0. The van der Waals surface area contributed by atoms with Gasteiger partial charge in [-0.1, -0.05) is 0 Å². The summed E-state index contributed by atoms with van der Waals surface area (Å²) in [5.41, 5.74) is 0. The van der Waals surface area contributed by atoms with Crippen molar-refractivity contribution in [3.05, 3.63) is 0 Å². The van der Waals surface area contributed by atoms with Gasteiger partial charge < -0.3 is 0 Å². The van der Waals surface area contributed by atoms with Crippen LogP contribution < -0.4 is 0 Å². The van der Waals surface area contributed by atoms with Crippen LogP contribution in [0, 0.1) is 0 Å². The summed E-state index contributed by atoms with van der Waals surface area (Å²) in [6.07, 6.45) is 0. The molecular weight excluding hydrogens is 271 g/mol. The van der Waals surface area contributed by atoms with Gasteiger partial charge >= 0.3 is 60.3 Å². The zero-order chi connectivity index (χ0) is 3.58. The van der Waals surface area contributed by atoms with Gasteiger partial charge in [-0.15, -0.1) is 0 Å². The Morgan fingerprint density at radius 1 is 1.00 bits per heavy atom. The van der Waals surface area contributed by atoms with E-state index in [1.807, 2.05) is 0 Å². The zero-order valence-corrected chi connectivity index (χ0v) is 5.13. The van der Waals surface area contributed by atoms with Crippen LogP contribution in [0.5, 0.6) is 0 Å². The molecule has 0 saturated heterocycles. The van der Waals surface area contributed by atoms with Crippen molar-refractivity contribution in [1.29, 1.82) is 0 Å². The zero-order valence-electron chi connectivity index (χ0n) is 1.71. The van der Waals surface area contributed by atoms with E-state index in [1.54, 1.807) is 0 Å². The topological polar surface area (TPSA) is 0 Å². The maximum absolute atomic E-state index is 4.94. The number of hydrogen-bond donors (Lipinski definition) is 0. The summed E-state index contributed by atoms with van der Waals surface area (Å²) in [5, 5.41) is 0. The molecule has 0 aromatic heterocycles. The van der Waals surface area contributed by atoms with E-state index in [1.165, 1.54) is 0 Å². The molecule has 0 heterocycles.